The highest BCUT2D eigenvalue weighted by atomic mass is 35.5. The van der Waals surface area contributed by atoms with Gasteiger partial charge in [0.1, 0.15) is 0 Å². The molecule has 0 aromatic heterocycles. The predicted octanol–water partition coefficient (Wildman–Crippen LogP) is 4.59. The lowest BCUT2D eigenvalue weighted by Gasteiger charge is -2.35. The van der Waals surface area contributed by atoms with Crippen molar-refractivity contribution in [2.45, 2.75) is 33.2 Å². The number of halogens is 1. The second-order valence-electron chi connectivity index (χ2n) is 5.68. The molecule has 1 fully saturated rings. The first-order valence-corrected chi connectivity index (χ1v) is 7.60. The van der Waals surface area contributed by atoms with Crippen LogP contribution in [-0.2, 0) is 0 Å². The fourth-order valence-electron chi connectivity index (χ4n) is 2.32. The highest BCUT2D eigenvalue weighted by Gasteiger charge is 2.28. The molecule has 17 heavy (non-hydrogen) atoms. The molecule has 2 rings (SSSR count). The zero-order valence-corrected chi connectivity index (χ0v) is 12.3. The van der Waals surface area contributed by atoms with Crippen molar-refractivity contribution in [3.8, 4) is 0 Å². The molecule has 1 aliphatic rings. The van der Waals surface area contributed by atoms with Crippen molar-refractivity contribution in [1.29, 1.82) is 0 Å². The van der Waals surface area contributed by atoms with Gasteiger partial charge in [0.15, 0.2) is 0 Å². The van der Waals surface area contributed by atoms with Gasteiger partial charge < -0.3 is 5.32 Å². The van der Waals surface area contributed by atoms with Crippen LogP contribution in [0.1, 0.15) is 25.8 Å². The second kappa shape index (κ2) is 5.11. The number of anilines is 1. The van der Waals surface area contributed by atoms with Crippen LogP contribution < -0.4 is 5.32 Å². The molecule has 0 saturated carbocycles. The predicted molar refractivity (Wildman–Crippen MR) is 79.3 cm³/mol. The van der Waals surface area contributed by atoms with Crippen LogP contribution in [-0.4, -0.2) is 17.5 Å². The maximum atomic E-state index is 6.05. The Morgan fingerprint density at radius 1 is 1.41 bits per heavy atom. The van der Waals surface area contributed by atoms with Crippen LogP contribution >= 0.6 is 23.4 Å². The molecule has 1 aromatic carbocycles. The smallest absolute Gasteiger partial charge is 0.0426 e. The molecule has 1 heterocycles. The summed E-state index contributed by atoms with van der Waals surface area (Å²) < 4.78 is 0. The minimum Gasteiger partial charge on any atom is -0.381 e. The van der Waals surface area contributed by atoms with E-state index in [4.69, 9.17) is 11.6 Å². The summed E-state index contributed by atoms with van der Waals surface area (Å²) in [6.07, 6.45) is 1.23. The van der Waals surface area contributed by atoms with Crippen molar-refractivity contribution in [2.24, 2.45) is 5.41 Å². The summed E-state index contributed by atoms with van der Waals surface area (Å²) >= 11 is 8.09. The molecule has 0 radical (unpaired) electrons. The minimum atomic E-state index is 0.438. The van der Waals surface area contributed by atoms with Crippen molar-refractivity contribution >= 4 is 29.1 Å². The lowest BCUT2D eigenvalue weighted by molar-refractivity contribution is 0.358. The zero-order valence-electron chi connectivity index (χ0n) is 10.7. The van der Waals surface area contributed by atoms with E-state index in [2.05, 4.69) is 32.2 Å². The van der Waals surface area contributed by atoms with Crippen LogP contribution in [0, 0.1) is 12.3 Å². The van der Waals surface area contributed by atoms with Gasteiger partial charge >= 0.3 is 0 Å². The largest absolute Gasteiger partial charge is 0.381 e. The molecular formula is C14H20ClNS. The summed E-state index contributed by atoms with van der Waals surface area (Å²) in [4.78, 5) is 0. The molecule has 0 bridgehead atoms. The van der Waals surface area contributed by atoms with E-state index in [0.29, 0.717) is 11.5 Å². The third kappa shape index (κ3) is 3.56. The third-order valence-electron chi connectivity index (χ3n) is 3.17. The first kappa shape index (κ1) is 13.1. The normalized spacial score (nSPS) is 23.4. The average Bonchev–Trinajstić information content (AvgIpc) is 2.22. The topological polar surface area (TPSA) is 12.0 Å². The molecule has 3 heteroatoms. The Balaban J connectivity index is 2.07. The van der Waals surface area contributed by atoms with Crippen LogP contribution in [0.15, 0.2) is 18.2 Å². The Hall–Kier alpha value is -0.340. The van der Waals surface area contributed by atoms with Gasteiger partial charge in [-0.2, -0.15) is 11.8 Å². The zero-order chi connectivity index (χ0) is 12.5. The number of hydrogen-bond donors (Lipinski definition) is 1. The lowest BCUT2D eigenvalue weighted by Crippen LogP contribution is -2.35. The molecule has 0 amide bonds. The van der Waals surface area contributed by atoms with E-state index < -0.39 is 0 Å². The number of hydrogen-bond acceptors (Lipinski definition) is 2. The number of aryl methyl sites for hydroxylation is 1. The van der Waals surface area contributed by atoms with Crippen molar-refractivity contribution in [2.75, 3.05) is 16.8 Å². The quantitative estimate of drug-likeness (QED) is 0.843. The summed E-state index contributed by atoms with van der Waals surface area (Å²) in [6.45, 7) is 6.82. The van der Waals surface area contributed by atoms with Crippen molar-refractivity contribution < 1.29 is 0 Å². The number of thioether (sulfide) groups is 1. The fourth-order valence-corrected chi connectivity index (χ4v) is 3.77. The van der Waals surface area contributed by atoms with Gasteiger partial charge in [-0.05, 0) is 42.2 Å². The van der Waals surface area contributed by atoms with Gasteiger partial charge in [-0.25, -0.2) is 0 Å². The van der Waals surface area contributed by atoms with Crippen molar-refractivity contribution in [1.82, 2.24) is 0 Å². The molecule has 1 unspecified atom stereocenters. The van der Waals surface area contributed by atoms with E-state index in [-0.39, 0.29) is 0 Å². The van der Waals surface area contributed by atoms with E-state index >= 15 is 0 Å². The van der Waals surface area contributed by atoms with Crippen LogP contribution in [0.5, 0.6) is 0 Å². The van der Waals surface area contributed by atoms with Gasteiger partial charge in [-0.1, -0.05) is 31.5 Å². The number of benzene rings is 1. The molecule has 1 aromatic rings. The van der Waals surface area contributed by atoms with Crippen LogP contribution in [0.25, 0.3) is 0 Å². The molecular weight excluding hydrogens is 250 g/mol. The number of nitrogens with one attached hydrogen (secondary N) is 1. The van der Waals surface area contributed by atoms with Gasteiger partial charge in [-0.3, -0.25) is 0 Å². The van der Waals surface area contributed by atoms with E-state index in [1.807, 2.05) is 23.9 Å². The summed E-state index contributed by atoms with van der Waals surface area (Å²) in [5, 5.41) is 4.45. The van der Waals surface area contributed by atoms with Crippen LogP contribution in [0.3, 0.4) is 0 Å². The van der Waals surface area contributed by atoms with Gasteiger partial charge in [0.25, 0.3) is 0 Å². The molecule has 1 nitrogen and oxygen atoms in total. The van der Waals surface area contributed by atoms with E-state index in [9.17, 15) is 0 Å². The van der Waals surface area contributed by atoms with Crippen LogP contribution in [0.4, 0.5) is 5.69 Å². The molecule has 1 aliphatic heterocycles. The molecule has 1 N–H and O–H groups in total. The van der Waals surface area contributed by atoms with Gasteiger partial charge in [0.2, 0.25) is 0 Å². The Bertz CT molecular complexity index is 403. The van der Waals surface area contributed by atoms with Crippen molar-refractivity contribution in [3.63, 3.8) is 0 Å². The summed E-state index contributed by atoms with van der Waals surface area (Å²) in [5.41, 5.74) is 2.89. The molecule has 1 atom stereocenters. The number of rotatable bonds is 2. The maximum absolute atomic E-state index is 6.05. The first-order chi connectivity index (χ1) is 7.96. The van der Waals surface area contributed by atoms with Crippen molar-refractivity contribution in [3.05, 3.63) is 28.8 Å². The Labute approximate surface area is 113 Å². The van der Waals surface area contributed by atoms with Gasteiger partial charge in [-0.15, -0.1) is 0 Å². The first-order valence-electron chi connectivity index (χ1n) is 6.07. The Morgan fingerprint density at radius 3 is 2.88 bits per heavy atom. The van der Waals surface area contributed by atoms with Gasteiger partial charge in [0, 0.05) is 22.5 Å². The maximum Gasteiger partial charge on any atom is 0.0426 e. The van der Waals surface area contributed by atoms with Gasteiger partial charge in [0.05, 0.1) is 0 Å². The highest BCUT2D eigenvalue weighted by molar-refractivity contribution is 7.99. The summed E-state index contributed by atoms with van der Waals surface area (Å²) in [6, 6.07) is 6.61. The van der Waals surface area contributed by atoms with E-state index in [0.717, 1.165) is 5.02 Å². The lowest BCUT2D eigenvalue weighted by atomic mass is 9.87. The monoisotopic (exact) mass is 269 g/mol. The van der Waals surface area contributed by atoms with Crippen LogP contribution in [0.2, 0.25) is 5.02 Å². The highest BCUT2D eigenvalue weighted by Crippen LogP contribution is 2.35. The summed E-state index contributed by atoms with van der Waals surface area (Å²) in [5.74, 6) is 2.45. The van der Waals surface area contributed by atoms with E-state index in [1.54, 1.807) is 0 Å². The molecule has 0 aliphatic carbocycles. The molecule has 0 spiro atoms. The summed E-state index contributed by atoms with van der Waals surface area (Å²) in [7, 11) is 0. The third-order valence-corrected chi connectivity index (χ3v) is 5.03. The van der Waals surface area contributed by atoms with E-state index in [1.165, 1.54) is 29.2 Å². The molecule has 1 saturated heterocycles. The SMILES string of the molecule is Cc1ccc(Cl)cc1NC1CSCC(C)(C)C1. The molecule has 94 valence electrons. The minimum absolute atomic E-state index is 0.438. The fraction of sp³-hybridized carbons (Fsp3) is 0.571. The Morgan fingerprint density at radius 2 is 2.18 bits per heavy atom. The standard InChI is InChI=1S/C14H20ClNS/c1-10-4-5-11(15)6-13(10)16-12-7-14(2,3)9-17-8-12/h4-6,12,16H,7-9H2,1-3H3. The second-order valence-corrected chi connectivity index (χ2v) is 7.15. The Kier molecular flexibility index (Phi) is 3.94. The average molecular weight is 270 g/mol.